The Hall–Kier alpha value is -3.47. The molecular formula is C19H17F2N5O3S. The van der Waals surface area contributed by atoms with E-state index < -0.39 is 23.4 Å². The van der Waals surface area contributed by atoms with Gasteiger partial charge in [0.25, 0.3) is 0 Å². The summed E-state index contributed by atoms with van der Waals surface area (Å²) in [6.45, 7) is -0.316. The van der Waals surface area contributed by atoms with E-state index in [0.29, 0.717) is 11.0 Å². The first-order valence-electron chi connectivity index (χ1n) is 8.66. The normalized spacial score (nSPS) is 10.5. The number of carbonyl (C=O) groups is 2. The summed E-state index contributed by atoms with van der Waals surface area (Å²) in [5.41, 5.74) is 0.905. The van der Waals surface area contributed by atoms with E-state index in [-0.39, 0.29) is 18.0 Å². The minimum Gasteiger partial charge on any atom is -0.497 e. The maximum absolute atomic E-state index is 13.1. The second kappa shape index (κ2) is 9.83. The molecule has 11 heteroatoms. The van der Waals surface area contributed by atoms with Gasteiger partial charge in [-0.15, -0.1) is 5.10 Å². The van der Waals surface area contributed by atoms with Crippen LogP contribution in [-0.4, -0.2) is 46.4 Å². The second-order valence-corrected chi connectivity index (χ2v) is 6.88. The molecule has 3 rings (SSSR count). The number of hydrogen-bond acceptors (Lipinski definition) is 6. The number of benzene rings is 2. The zero-order chi connectivity index (χ0) is 21.5. The number of aromatic amines is 1. The van der Waals surface area contributed by atoms with Crippen LogP contribution in [0.3, 0.4) is 0 Å². The lowest BCUT2D eigenvalue weighted by Crippen LogP contribution is -2.33. The molecule has 0 atom stereocenters. The Balaban J connectivity index is 1.43. The van der Waals surface area contributed by atoms with Crippen molar-refractivity contribution in [1.29, 1.82) is 0 Å². The summed E-state index contributed by atoms with van der Waals surface area (Å²) in [5.74, 6) is -1.80. The first-order valence-corrected chi connectivity index (χ1v) is 9.64. The van der Waals surface area contributed by atoms with E-state index in [9.17, 15) is 18.4 Å². The molecule has 3 N–H and O–H groups in total. The summed E-state index contributed by atoms with van der Waals surface area (Å²) in [7, 11) is 1.58. The van der Waals surface area contributed by atoms with Gasteiger partial charge in [0.15, 0.2) is 17.5 Å². The van der Waals surface area contributed by atoms with E-state index >= 15 is 0 Å². The van der Waals surface area contributed by atoms with E-state index in [2.05, 4.69) is 25.8 Å². The quantitative estimate of drug-likeness (QED) is 0.471. The molecular weight excluding hydrogens is 416 g/mol. The van der Waals surface area contributed by atoms with Crippen LogP contribution < -0.4 is 15.4 Å². The zero-order valence-electron chi connectivity index (χ0n) is 15.7. The number of methoxy groups -OCH3 is 1. The van der Waals surface area contributed by atoms with Crippen molar-refractivity contribution >= 4 is 29.3 Å². The maximum atomic E-state index is 13.1. The van der Waals surface area contributed by atoms with Gasteiger partial charge in [-0.05, 0) is 36.4 Å². The SMILES string of the molecule is COc1ccc(-c2nc(SCC(=O)NCC(=O)Nc3ccc(F)c(F)c3)n[nH]2)cc1. The number of nitrogens with one attached hydrogen (secondary N) is 3. The van der Waals surface area contributed by atoms with Gasteiger partial charge in [-0.1, -0.05) is 11.8 Å². The van der Waals surface area contributed by atoms with Crippen molar-refractivity contribution < 1.29 is 23.1 Å². The van der Waals surface area contributed by atoms with Crippen molar-refractivity contribution in [3.8, 4) is 17.1 Å². The smallest absolute Gasteiger partial charge is 0.243 e. The predicted molar refractivity (Wildman–Crippen MR) is 107 cm³/mol. The molecule has 2 amide bonds. The van der Waals surface area contributed by atoms with Crippen LogP contribution in [0.2, 0.25) is 0 Å². The predicted octanol–water partition coefficient (Wildman–Crippen LogP) is 2.61. The van der Waals surface area contributed by atoms with Crippen LogP contribution in [0.5, 0.6) is 5.75 Å². The molecule has 0 radical (unpaired) electrons. The number of carbonyl (C=O) groups excluding carboxylic acids is 2. The van der Waals surface area contributed by atoms with Gasteiger partial charge < -0.3 is 15.4 Å². The molecule has 0 aliphatic carbocycles. The van der Waals surface area contributed by atoms with Crippen LogP contribution >= 0.6 is 11.8 Å². The number of thioether (sulfide) groups is 1. The molecule has 2 aromatic carbocycles. The van der Waals surface area contributed by atoms with Gasteiger partial charge >= 0.3 is 0 Å². The molecule has 156 valence electrons. The van der Waals surface area contributed by atoms with Crippen molar-refractivity contribution in [1.82, 2.24) is 20.5 Å². The number of anilines is 1. The van der Waals surface area contributed by atoms with Gasteiger partial charge in [0, 0.05) is 17.3 Å². The van der Waals surface area contributed by atoms with Gasteiger partial charge in [-0.3, -0.25) is 14.7 Å². The molecule has 3 aromatic rings. The Morgan fingerprint density at radius 2 is 1.87 bits per heavy atom. The molecule has 0 unspecified atom stereocenters. The Morgan fingerprint density at radius 1 is 1.10 bits per heavy atom. The van der Waals surface area contributed by atoms with E-state index in [0.717, 1.165) is 35.2 Å². The third-order valence-corrected chi connectivity index (χ3v) is 4.66. The highest BCUT2D eigenvalue weighted by Gasteiger charge is 2.11. The van der Waals surface area contributed by atoms with Crippen LogP contribution in [0.25, 0.3) is 11.4 Å². The van der Waals surface area contributed by atoms with Crippen molar-refractivity contribution in [2.75, 3.05) is 24.7 Å². The molecule has 0 spiro atoms. The maximum Gasteiger partial charge on any atom is 0.243 e. The molecule has 30 heavy (non-hydrogen) atoms. The molecule has 0 bridgehead atoms. The first-order chi connectivity index (χ1) is 14.4. The first kappa shape index (κ1) is 21.2. The fourth-order valence-corrected chi connectivity index (χ4v) is 2.96. The number of aromatic nitrogens is 3. The Kier molecular flexibility index (Phi) is 6.96. The number of H-pyrrole nitrogens is 1. The van der Waals surface area contributed by atoms with Gasteiger partial charge in [-0.25, -0.2) is 13.8 Å². The molecule has 0 aliphatic heterocycles. The van der Waals surface area contributed by atoms with E-state index in [1.54, 1.807) is 19.2 Å². The van der Waals surface area contributed by atoms with Crippen molar-refractivity contribution in [3.63, 3.8) is 0 Å². The average molecular weight is 433 g/mol. The molecule has 1 heterocycles. The number of ether oxygens (including phenoxy) is 1. The minimum absolute atomic E-state index is 0.00162. The summed E-state index contributed by atoms with van der Waals surface area (Å²) in [4.78, 5) is 28.0. The highest BCUT2D eigenvalue weighted by Crippen LogP contribution is 2.21. The van der Waals surface area contributed by atoms with Crippen molar-refractivity contribution in [3.05, 3.63) is 54.1 Å². The molecule has 8 nitrogen and oxygen atoms in total. The Bertz CT molecular complexity index is 1040. The second-order valence-electron chi connectivity index (χ2n) is 5.94. The lowest BCUT2D eigenvalue weighted by molar-refractivity contribution is -0.122. The number of nitrogens with zero attached hydrogens (tertiary/aromatic N) is 2. The summed E-state index contributed by atoms with van der Waals surface area (Å²) in [6, 6.07) is 10.2. The van der Waals surface area contributed by atoms with Gasteiger partial charge in [0.2, 0.25) is 17.0 Å². The monoisotopic (exact) mass is 433 g/mol. The molecule has 0 fully saturated rings. The molecule has 0 saturated heterocycles. The Morgan fingerprint density at radius 3 is 2.57 bits per heavy atom. The summed E-state index contributed by atoms with van der Waals surface area (Å²) in [5, 5.41) is 12.0. The molecule has 1 aromatic heterocycles. The number of hydrogen-bond donors (Lipinski definition) is 3. The highest BCUT2D eigenvalue weighted by molar-refractivity contribution is 7.99. The topological polar surface area (TPSA) is 109 Å². The molecule has 0 saturated carbocycles. The van der Waals surface area contributed by atoms with Crippen LogP contribution in [0.1, 0.15) is 0 Å². The minimum atomic E-state index is -1.08. The average Bonchev–Trinajstić information content (AvgIpc) is 3.22. The van der Waals surface area contributed by atoms with Crippen LogP contribution in [0, 0.1) is 11.6 Å². The number of amides is 2. The lowest BCUT2D eigenvalue weighted by Gasteiger charge is -2.07. The zero-order valence-corrected chi connectivity index (χ0v) is 16.6. The highest BCUT2D eigenvalue weighted by atomic mass is 32.2. The fraction of sp³-hybridized carbons (Fsp3) is 0.158. The summed E-state index contributed by atoms with van der Waals surface area (Å²) < 4.78 is 31.1. The van der Waals surface area contributed by atoms with E-state index in [4.69, 9.17) is 4.74 Å². The van der Waals surface area contributed by atoms with Crippen molar-refractivity contribution in [2.24, 2.45) is 0 Å². The van der Waals surface area contributed by atoms with Gasteiger partial charge in [-0.2, -0.15) is 0 Å². The summed E-state index contributed by atoms with van der Waals surface area (Å²) >= 11 is 1.10. The summed E-state index contributed by atoms with van der Waals surface area (Å²) in [6.07, 6.45) is 0. The van der Waals surface area contributed by atoms with E-state index in [1.165, 1.54) is 6.07 Å². The fourth-order valence-electron chi connectivity index (χ4n) is 2.33. The van der Waals surface area contributed by atoms with Gasteiger partial charge in [0.1, 0.15) is 5.75 Å². The Labute approximate surface area is 174 Å². The largest absolute Gasteiger partial charge is 0.497 e. The third kappa shape index (κ3) is 5.77. The lowest BCUT2D eigenvalue weighted by atomic mass is 10.2. The van der Waals surface area contributed by atoms with Crippen LogP contribution in [-0.2, 0) is 9.59 Å². The van der Waals surface area contributed by atoms with Crippen LogP contribution in [0.4, 0.5) is 14.5 Å². The third-order valence-electron chi connectivity index (χ3n) is 3.81. The van der Waals surface area contributed by atoms with Gasteiger partial charge in [0.05, 0.1) is 19.4 Å². The standard InChI is InChI=1S/C19H17F2N5O3S/c1-29-13-5-2-11(3-6-13)18-24-19(26-25-18)30-10-17(28)22-9-16(27)23-12-4-7-14(20)15(21)8-12/h2-8H,9-10H2,1H3,(H,22,28)(H,23,27)(H,24,25,26). The number of halogens is 2. The van der Waals surface area contributed by atoms with Crippen LogP contribution in [0.15, 0.2) is 47.6 Å². The number of rotatable bonds is 8. The van der Waals surface area contributed by atoms with Crippen molar-refractivity contribution in [2.45, 2.75) is 5.16 Å². The van der Waals surface area contributed by atoms with E-state index in [1.807, 2.05) is 12.1 Å². The molecule has 0 aliphatic rings.